The highest BCUT2D eigenvalue weighted by Crippen LogP contribution is 2.24. The van der Waals surface area contributed by atoms with E-state index in [-0.39, 0.29) is 5.75 Å². The molecule has 0 aliphatic carbocycles. The summed E-state index contributed by atoms with van der Waals surface area (Å²) < 4.78 is 26.4. The van der Waals surface area contributed by atoms with Crippen molar-refractivity contribution >= 4 is 27.5 Å². The fourth-order valence-corrected chi connectivity index (χ4v) is 5.07. The summed E-state index contributed by atoms with van der Waals surface area (Å²) in [5, 5.41) is 0.426. The third-order valence-electron chi connectivity index (χ3n) is 3.28. The van der Waals surface area contributed by atoms with Gasteiger partial charge >= 0.3 is 0 Å². The molecule has 0 bridgehead atoms. The van der Waals surface area contributed by atoms with E-state index >= 15 is 0 Å². The highest BCUT2D eigenvalue weighted by molar-refractivity contribution is 8.00. The number of nitrogens with zero attached hydrogens (tertiary/aromatic N) is 1. The number of nitrogens with two attached hydrogens (primary N) is 1. The summed E-state index contributed by atoms with van der Waals surface area (Å²) in [5.74, 6) is 0.952. The first-order valence-electron chi connectivity index (χ1n) is 6.45. The Bertz CT molecular complexity index is 514. The van der Waals surface area contributed by atoms with Gasteiger partial charge in [-0.3, -0.25) is 0 Å². The van der Waals surface area contributed by atoms with Gasteiger partial charge in [0.05, 0.1) is 5.75 Å². The van der Waals surface area contributed by atoms with Crippen molar-refractivity contribution in [3.05, 3.63) is 29.8 Å². The minimum Gasteiger partial charge on any atom is -0.399 e. The molecule has 1 unspecified atom stereocenters. The Morgan fingerprint density at radius 1 is 1.37 bits per heavy atom. The second kappa shape index (κ2) is 6.15. The Morgan fingerprint density at radius 3 is 2.68 bits per heavy atom. The number of hydrogen-bond donors (Lipinski definition) is 1. The van der Waals surface area contributed by atoms with E-state index < -0.39 is 10.0 Å². The van der Waals surface area contributed by atoms with Crippen LogP contribution in [-0.4, -0.2) is 36.8 Å². The van der Waals surface area contributed by atoms with Gasteiger partial charge in [0.2, 0.25) is 10.0 Å². The maximum Gasteiger partial charge on any atom is 0.218 e. The Kier molecular flexibility index (Phi) is 4.76. The molecule has 0 saturated carbocycles. The Hall–Kier alpha value is -0.720. The molecule has 19 heavy (non-hydrogen) atoms. The van der Waals surface area contributed by atoms with Crippen LogP contribution in [0, 0.1) is 0 Å². The largest absolute Gasteiger partial charge is 0.399 e. The maximum absolute atomic E-state index is 12.4. The summed E-state index contributed by atoms with van der Waals surface area (Å²) in [6.45, 7) is 3.37. The van der Waals surface area contributed by atoms with Crippen molar-refractivity contribution in [1.82, 2.24) is 4.31 Å². The zero-order valence-corrected chi connectivity index (χ0v) is 12.7. The molecule has 6 heteroatoms. The van der Waals surface area contributed by atoms with Crippen LogP contribution in [0.4, 0.5) is 5.69 Å². The van der Waals surface area contributed by atoms with Crippen LogP contribution < -0.4 is 5.73 Å². The molecule has 1 saturated heterocycles. The summed E-state index contributed by atoms with van der Waals surface area (Å²) in [7, 11) is -3.21. The Balaban J connectivity index is 2.07. The lowest BCUT2D eigenvalue weighted by molar-refractivity contribution is 0.415. The molecule has 1 heterocycles. The van der Waals surface area contributed by atoms with Crippen molar-refractivity contribution in [2.24, 2.45) is 0 Å². The standard InChI is InChI=1S/C13H20N2O2S2/c1-2-13-9-15(7-8-18-13)19(16,17)10-11-3-5-12(14)6-4-11/h3-6,13H,2,7-10,14H2,1H3. The van der Waals surface area contributed by atoms with Gasteiger partial charge in [0, 0.05) is 29.8 Å². The molecule has 106 valence electrons. The molecular weight excluding hydrogens is 280 g/mol. The van der Waals surface area contributed by atoms with Gasteiger partial charge in [-0.05, 0) is 24.1 Å². The average Bonchev–Trinajstić information content (AvgIpc) is 2.41. The summed E-state index contributed by atoms with van der Waals surface area (Å²) >= 11 is 1.87. The minimum absolute atomic E-state index is 0.0639. The molecule has 1 aliphatic rings. The van der Waals surface area contributed by atoms with E-state index in [1.165, 1.54) is 0 Å². The summed E-state index contributed by atoms with van der Waals surface area (Å²) in [5.41, 5.74) is 7.05. The third kappa shape index (κ3) is 3.87. The highest BCUT2D eigenvalue weighted by atomic mass is 32.2. The van der Waals surface area contributed by atoms with Crippen LogP contribution >= 0.6 is 11.8 Å². The van der Waals surface area contributed by atoms with E-state index in [2.05, 4.69) is 6.92 Å². The van der Waals surface area contributed by atoms with E-state index in [9.17, 15) is 8.42 Å². The lowest BCUT2D eigenvalue weighted by Gasteiger charge is -2.31. The smallest absolute Gasteiger partial charge is 0.218 e. The molecule has 1 aliphatic heterocycles. The van der Waals surface area contributed by atoms with Crippen LogP contribution in [0.3, 0.4) is 0 Å². The lowest BCUT2D eigenvalue weighted by atomic mass is 10.2. The molecular formula is C13H20N2O2S2. The zero-order valence-electron chi connectivity index (χ0n) is 11.1. The van der Waals surface area contributed by atoms with E-state index in [4.69, 9.17) is 5.73 Å². The molecule has 1 aromatic carbocycles. The van der Waals surface area contributed by atoms with Crippen molar-refractivity contribution in [2.45, 2.75) is 24.3 Å². The fraction of sp³-hybridized carbons (Fsp3) is 0.538. The van der Waals surface area contributed by atoms with Crippen LogP contribution in [0.15, 0.2) is 24.3 Å². The second-order valence-electron chi connectivity index (χ2n) is 4.76. The molecule has 1 fully saturated rings. The number of thioether (sulfide) groups is 1. The Labute approximate surface area is 119 Å². The first-order valence-corrected chi connectivity index (χ1v) is 9.11. The first-order chi connectivity index (χ1) is 9.01. The molecule has 0 amide bonds. The normalized spacial score (nSPS) is 21.4. The topological polar surface area (TPSA) is 63.4 Å². The number of anilines is 1. The van der Waals surface area contributed by atoms with Crippen LogP contribution in [-0.2, 0) is 15.8 Å². The monoisotopic (exact) mass is 300 g/mol. The van der Waals surface area contributed by atoms with E-state index in [0.717, 1.165) is 17.7 Å². The summed E-state index contributed by atoms with van der Waals surface area (Å²) in [6, 6.07) is 7.04. The van der Waals surface area contributed by atoms with Crippen molar-refractivity contribution in [3.8, 4) is 0 Å². The average molecular weight is 300 g/mol. The van der Waals surface area contributed by atoms with Gasteiger partial charge in [-0.2, -0.15) is 16.1 Å². The van der Waals surface area contributed by atoms with Crippen molar-refractivity contribution in [3.63, 3.8) is 0 Å². The van der Waals surface area contributed by atoms with Gasteiger partial charge < -0.3 is 5.73 Å². The van der Waals surface area contributed by atoms with Gasteiger partial charge in [0.1, 0.15) is 0 Å². The molecule has 0 aromatic heterocycles. The van der Waals surface area contributed by atoms with Gasteiger partial charge in [-0.25, -0.2) is 8.42 Å². The highest BCUT2D eigenvalue weighted by Gasteiger charge is 2.28. The van der Waals surface area contributed by atoms with Crippen LogP contribution in [0.5, 0.6) is 0 Å². The van der Waals surface area contributed by atoms with Gasteiger partial charge in [0.15, 0.2) is 0 Å². The third-order valence-corrected chi connectivity index (χ3v) is 6.47. The molecule has 2 N–H and O–H groups in total. The van der Waals surface area contributed by atoms with Crippen LogP contribution in [0.1, 0.15) is 18.9 Å². The SMILES string of the molecule is CCC1CN(S(=O)(=O)Cc2ccc(N)cc2)CCS1. The minimum atomic E-state index is -3.21. The van der Waals surface area contributed by atoms with Crippen LogP contribution in [0.2, 0.25) is 0 Å². The summed E-state index contributed by atoms with van der Waals surface area (Å²) in [4.78, 5) is 0. The predicted octanol–water partition coefficient (Wildman–Crippen LogP) is 1.93. The molecule has 4 nitrogen and oxygen atoms in total. The number of nitrogen functional groups attached to an aromatic ring is 1. The molecule has 1 atom stereocenters. The summed E-state index contributed by atoms with van der Waals surface area (Å²) in [6.07, 6.45) is 1.01. The molecule has 1 aromatic rings. The predicted molar refractivity (Wildman–Crippen MR) is 81.6 cm³/mol. The van der Waals surface area contributed by atoms with E-state index in [0.29, 0.717) is 24.0 Å². The van der Waals surface area contributed by atoms with E-state index in [1.54, 1.807) is 28.6 Å². The van der Waals surface area contributed by atoms with Gasteiger partial charge in [0.25, 0.3) is 0 Å². The van der Waals surface area contributed by atoms with Crippen molar-refractivity contribution in [2.75, 3.05) is 24.6 Å². The number of sulfonamides is 1. The molecule has 0 spiro atoms. The first kappa shape index (κ1) is 14.7. The number of benzene rings is 1. The van der Waals surface area contributed by atoms with Crippen molar-refractivity contribution in [1.29, 1.82) is 0 Å². The quantitative estimate of drug-likeness (QED) is 0.863. The fourth-order valence-electron chi connectivity index (χ4n) is 2.11. The van der Waals surface area contributed by atoms with Gasteiger partial charge in [-0.15, -0.1) is 0 Å². The van der Waals surface area contributed by atoms with Crippen molar-refractivity contribution < 1.29 is 8.42 Å². The van der Waals surface area contributed by atoms with E-state index in [1.807, 2.05) is 11.8 Å². The number of hydrogen-bond acceptors (Lipinski definition) is 4. The van der Waals surface area contributed by atoms with Crippen LogP contribution in [0.25, 0.3) is 0 Å². The zero-order chi connectivity index (χ0) is 13.9. The molecule has 2 rings (SSSR count). The van der Waals surface area contributed by atoms with Gasteiger partial charge in [-0.1, -0.05) is 19.1 Å². The maximum atomic E-state index is 12.4. The number of rotatable bonds is 4. The lowest BCUT2D eigenvalue weighted by Crippen LogP contribution is -2.42. The second-order valence-corrected chi connectivity index (χ2v) is 8.13. The Morgan fingerprint density at radius 2 is 2.05 bits per heavy atom. The molecule has 0 radical (unpaired) electrons.